The molecule has 0 aliphatic rings. The predicted octanol–water partition coefficient (Wildman–Crippen LogP) is 3.45. The van der Waals surface area contributed by atoms with Gasteiger partial charge in [-0.25, -0.2) is 0 Å². The van der Waals surface area contributed by atoms with Crippen LogP contribution in [0, 0.1) is 12.3 Å². The van der Waals surface area contributed by atoms with E-state index in [1.54, 1.807) is 0 Å². The molecule has 2 heteroatoms. The molecule has 0 amide bonds. The zero-order valence-electron chi connectivity index (χ0n) is 11.3. The molecule has 1 aromatic rings. The molecule has 16 heavy (non-hydrogen) atoms. The minimum atomic E-state index is 0.240. The van der Waals surface area contributed by atoms with E-state index in [4.69, 9.17) is 5.73 Å². The smallest absolute Gasteiger partial charge is 0.0629 e. The average molecular weight is 220 g/mol. The Hall–Kier alpha value is -1.18. The summed E-state index contributed by atoms with van der Waals surface area (Å²) in [5.41, 5.74) is 9.55. The fraction of sp³-hybridized carbons (Fsp3) is 0.571. The fourth-order valence-electron chi connectivity index (χ4n) is 1.94. The quantitative estimate of drug-likeness (QED) is 0.773. The maximum atomic E-state index is 6.06. The van der Waals surface area contributed by atoms with Crippen molar-refractivity contribution in [3.05, 3.63) is 23.8 Å². The standard InChI is InChI=1S/C14H24N2/c1-10-8-7-9-12(15)13(10)16(6)11(2)14(3,4)5/h7-9,11H,15H2,1-6H3. The average Bonchev–Trinajstić information content (AvgIpc) is 2.14. The van der Waals surface area contributed by atoms with E-state index in [-0.39, 0.29) is 5.41 Å². The molecule has 2 N–H and O–H groups in total. The third kappa shape index (κ3) is 2.49. The number of nitrogens with two attached hydrogens (primary N) is 1. The van der Waals surface area contributed by atoms with Crippen LogP contribution >= 0.6 is 0 Å². The summed E-state index contributed by atoms with van der Waals surface area (Å²) in [6.07, 6.45) is 0. The molecule has 0 spiro atoms. The van der Waals surface area contributed by atoms with E-state index in [0.717, 1.165) is 11.4 Å². The monoisotopic (exact) mass is 220 g/mol. The number of anilines is 2. The van der Waals surface area contributed by atoms with E-state index >= 15 is 0 Å². The molecule has 0 aliphatic heterocycles. The van der Waals surface area contributed by atoms with Crippen molar-refractivity contribution in [1.29, 1.82) is 0 Å². The van der Waals surface area contributed by atoms with Gasteiger partial charge >= 0.3 is 0 Å². The minimum Gasteiger partial charge on any atom is -0.397 e. The second-order valence-corrected chi connectivity index (χ2v) is 5.67. The van der Waals surface area contributed by atoms with Gasteiger partial charge in [-0.1, -0.05) is 32.9 Å². The molecule has 1 unspecified atom stereocenters. The Morgan fingerprint density at radius 3 is 2.25 bits per heavy atom. The number of hydrogen-bond donors (Lipinski definition) is 1. The summed E-state index contributed by atoms with van der Waals surface area (Å²) < 4.78 is 0. The van der Waals surface area contributed by atoms with E-state index in [1.165, 1.54) is 5.56 Å². The second-order valence-electron chi connectivity index (χ2n) is 5.67. The Bertz CT molecular complexity index is 343. The van der Waals surface area contributed by atoms with Crippen LogP contribution in [0.25, 0.3) is 0 Å². The first kappa shape index (κ1) is 12.9. The van der Waals surface area contributed by atoms with Crippen molar-refractivity contribution in [2.45, 2.75) is 40.7 Å². The largest absolute Gasteiger partial charge is 0.397 e. The number of para-hydroxylation sites is 1. The molecule has 0 aliphatic carbocycles. The summed E-state index contributed by atoms with van der Waals surface area (Å²) >= 11 is 0. The molecule has 0 radical (unpaired) electrons. The van der Waals surface area contributed by atoms with Crippen molar-refractivity contribution in [2.75, 3.05) is 17.7 Å². The van der Waals surface area contributed by atoms with Crippen LogP contribution in [0.15, 0.2) is 18.2 Å². The molecule has 0 bridgehead atoms. The Morgan fingerprint density at radius 1 is 1.25 bits per heavy atom. The zero-order valence-corrected chi connectivity index (χ0v) is 11.3. The number of nitrogens with zero attached hydrogens (tertiary/aromatic N) is 1. The van der Waals surface area contributed by atoms with E-state index < -0.39 is 0 Å². The topological polar surface area (TPSA) is 29.3 Å². The summed E-state index contributed by atoms with van der Waals surface area (Å²) in [6.45, 7) is 11.1. The zero-order chi connectivity index (χ0) is 12.5. The predicted molar refractivity (Wildman–Crippen MR) is 72.9 cm³/mol. The molecule has 90 valence electrons. The Morgan fingerprint density at radius 2 is 1.81 bits per heavy atom. The van der Waals surface area contributed by atoms with E-state index in [0.29, 0.717) is 6.04 Å². The molecule has 2 nitrogen and oxygen atoms in total. The summed E-state index contributed by atoms with van der Waals surface area (Å²) in [7, 11) is 2.12. The van der Waals surface area contributed by atoms with Gasteiger partial charge in [-0.15, -0.1) is 0 Å². The van der Waals surface area contributed by atoms with Gasteiger partial charge in [-0.05, 0) is 30.9 Å². The van der Waals surface area contributed by atoms with Gasteiger partial charge in [-0.3, -0.25) is 0 Å². The van der Waals surface area contributed by atoms with Gasteiger partial charge < -0.3 is 10.6 Å². The highest BCUT2D eigenvalue weighted by Gasteiger charge is 2.25. The van der Waals surface area contributed by atoms with Crippen LogP contribution in [0.2, 0.25) is 0 Å². The van der Waals surface area contributed by atoms with Crippen molar-refractivity contribution in [1.82, 2.24) is 0 Å². The molecular weight excluding hydrogens is 196 g/mol. The molecule has 0 heterocycles. The maximum Gasteiger partial charge on any atom is 0.0629 e. The lowest BCUT2D eigenvalue weighted by atomic mass is 9.86. The van der Waals surface area contributed by atoms with Crippen molar-refractivity contribution in [3.63, 3.8) is 0 Å². The number of benzene rings is 1. The Kier molecular flexibility index (Phi) is 3.51. The first-order valence-electron chi connectivity index (χ1n) is 5.83. The number of nitrogen functional groups attached to an aromatic ring is 1. The number of hydrogen-bond acceptors (Lipinski definition) is 2. The maximum absolute atomic E-state index is 6.06. The third-order valence-electron chi connectivity index (χ3n) is 3.46. The SMILES string of the molecule is Cc1cccc(N)c1N(C)C(C)C(C)(C)C. The lowest BCUT2D eigenvalue weighted by Crippen LogP contribution is -2.40. The van der Waals surface area contributed by atoms with E-state index in [1.807, 2.05) is 12.1 Å². The summed E-state index contributed by atoms with van der Waals surface area (Å²) in [5, 5.41) is 0. The molecule has 0 fully saturated rings. The van der Waals surface area contributed by atoms with Gasteiger partial charge in [-0.2, -0.15) is 0 Å². The van der Waals surface area contributed by atoms with Crippen LogP contribution in [-0.4, -0.2) is 13.1 Å². The second kappa shape index (κ2) is 4.36. The summed E-state index contributed by atoms with van der Waals surface area (Å²) in [4.78, 5) is 2.28. The first-order chi connectivity index (χ1) is 7.25. The van der Waals surface area contributed by atoms with Crippen LogP contribution in [-0.2, 0) is 0 Å². The molecule has 0 aromatic heterocycles. The summed E-state index contributed by atoms with van der Waals surface area (Å²) in [6, 6.07) is 6.52. The minimum absolute atomic E-state index is 0.240. The van der Waals surface area contributed by atoms with Gasteiger partial charge in [0.25, 0.3) is 0 Å². The van der Waals surface area contributed by atoms with Crippen molar-refractivity contribution in [2.24, 2.45) is 5.41 Å². The summed E-state index contributed by atoms with van der Waals surface area (Å²) in [5.74, 6) is 0. The lowest BCUT2D eigenvalue weighted by molar-refractivity contribution is 0.330. The van der Waals surface area contributed by atoms with Gasteiger partial charge in [0.15, 0.2) is 0 Å². The molecule has 0 saturated heterocycles. The fourth-order valence-corrected chi connectivity index (χ4v) is 1.94. The first-order valence-corrected chi connectivity index (χ1v) is 5.83. The highest BCUT2D eigenvalue weighted by Crippen LogP contribution is 2.32. The van der Waals surface area contributed by atoms with Crippen LogP contribution in [0.5, 0.6) is 0 Å². The lowest BCUT2D eigenvalue weighted by Gasteiger charge is -2.38. The van der Waals surface area contributed by atoms with Crippen molar-refractivity contribution >= 4 is 11.4 Å². The molecule has 1 aromatic carbocycles. The van der Waals surface area contributed by atoms with E-state index in [9.17, 15) is 0 Å². The van der Waals surface area contributed by atoms with Crippen molar-refractivity contribution in [3.8, 4) is 0 Å². The highest BCUT2D eigenvalue weighted by atomic mass is 15.1. The molecular formula is C14H24N2. The van der Waals surface area contributed by atoms with Gasteiger partial charge in [0.2, 0.25) is 0 Å². The third-order valence-corrected chi connectivity index (χ3v) is 3.46. The van der Waals surface area contributed by atoms with Crippen molar-refractivity contribution < 1.29 is 0 Å². The molecule has 1 atom stereocenters. The Labute approximate surface area is 99.5 Å². The number of rotatable bonds is 2. The molecule has 1 rings (SSSR count). The Balaban J connectivity index is 3.10. The van der Waals surface area contributed by atoms with Crippen LogP contribution in [0.4, 0.5) is 11.4 Å². The van der Waals surface area contributed by atoms with Crippen LogP contribution < -0.4 is 10.6 Å². The van der Waals surface area contributed by atoms with Crippen LogP contribution in [0.1, 0.15) is 33.3 Å². The highest BCUT2D eigenvalue weighted by molar-refractivity contribution is 5.71. The number of aryl methyl sites for hydroxylation is 1. The van der Waals surface area contributed by atoms with Gasteiger partial charge in [0.05, 0.1) is 11.4 Å². The van der Waals surface area contributed by atoms with E-state index in [2.05, 4.69) is 52.6 Å². The van der Waals surface area contributed by atoms with Crippen LogP contribution in [0.3, 0.4) is 0 Å². The normalized spacial score (nSPS) is 13.6. The molecule has 0 saturated carbocycles. The van der Waals surface area contributed by atoms with Gasteiger partial charge in [0, 0.05) is 13.1 Å². The van der Waals surface area contributed by atoms with Gasteiger partial charge in [0.1, 0.15) is 0 Å².